The normalized spacial score (nSPS) is 17.2. The minimum absolute atomic E-state index is 0. The van der Waals surface area contributed by atoms with E-state index >= 15 is 0 Å². The molecule has 5 aromatic carbocycles. The molecular formula is C45H42Cl2F2Zr-2. The smallest absolute Gasteiger partial charge is 1.00 e. The molecule has 50 heavy (non-hydrogen) atoms. The number of benzene rings is 4. The van der Waals surface area contributed by atoms with Crippen molar-refractivity contribution in [3.63, 3.8) is 0 Å². The molecule has 0 radical (unpaired) electrons. The Hall–Kier alpha value is -3.10. The van der Waals surface area contributed by atoms with Gasteiger partial charge in [0.2, 0.25) is 0 Å². The maximum absolute atomic E-state index is 13.0. The summed E-state index contributed by atoms with van der Waals surface area (Å²) in [5, 5.41) is 5.57. The van der Waals surface area contributed by atoms with E-state index in [-0.39, 0.29) is 47.3 Å². The molecule has 5 heteroatoms. The fraction of sp³-hybridized carbons (Fsp3) is 0.244. The van der Waals surface area contributed by atoms with Crippen LogP contribution in [-0.4, -0.2) is 3.21 Å². The van der Waals surface area contributed by atoms with Gasteiger partial charge in [-0.05, 0) is 36.1 Å². The molecule has 5 aromatic rings. The van der Waals surface area contributed by atoms with Crippen molar-refractivity contribution in [1.29, 1.82) is 0 Å². The molecule has 0 nitrogen and oxygen atoms in total. The molecule has 256 valence electrons. The fourth-order valence-electron chi connectivity index (χ4n) is 7.43. The van der Waals surface area contributed by atoms with E-state index in [9.17, 15) is 8.78 Å². The maximum atomic E-state index is 13.0. The van der Waals surface area contributed by atoms with Crippen LogP contribution in [0.25, 0.3) is 32.7 Å². The van der Waals surface area contributed by atoms with E-state index in [0.717, 1.165) is 38.6 Å². The predicted octanol–water partition coefficient (Wildman–Crippen LogP) is 6.13. The van der Waals surface area contributed by atoms with Crippen molar-refractivity contribution in [2.75, 3.05) is 0 Å². The Bertz CT molecular complexity index is 2090. The Balaban J connectivity index is 0.000000193. The molecule has 0 heterocycles. The van der Waals surface area contributed by atoms with Gasteiger partial charge >= 0.3 is 108 Å². The van der Waals surface area contributed by atoms with Crippen LogP contribution in [0, 0.1) is 23.6 Å². The number of rotatable bonds is 2. The largest absolute Gasteiger partial charge is 1.00 e. The molecule has 0 saturated heterocycles. The third-order valence-corrected chi connectivity index (χ3v) is 11.1. The van der Waals surface area contributed by atoms with Gasteiger partial charge in [0.05, 0.1) is 0 Å². The summed E-state index contributed by atoms with van der Waals surface area (Å²) >= 11 is 1.13. The van der Waals surface area contributed by atoms with Crippen LogP contribution in [-0.2, 0) is 35.1 Å². The van der Waals surface area contributed by atoms with Crippen molar-refractivity contribution in [3.05, 3.63) is 160 Å². The summed E-state index contributed by atoms with van der Waals surface area (Å²) in [4.78, 5) is 0. The monoisotopic (exact) mass is 780 g/mol. The van der Waals surface area contributed by atoms with Gasteiger partial charge < -0.3 is 24.8 Å². The van der Waals surface area contributed by atoms with Crippen LogP contribution in [0.5, 0.6) is 0 Å². The van der Waals surface area contributed by atoms with Gasteiger partial charge in [0.25, 0.3) is 0 Å². The molecule has 0 bridgehead atoms. The standard InChI is InChI=1S/C25H25.C13H8F2.C7H9.2ClH.Zr/c1-14-12-24(3,4)22-8-16-7-17-9-23-19(15(2)13-25(23,5)6)11-21(17)20(16)10-18(14)22;14-12-5-1-3-10(8-12)7-11-4-2-6-13(15)9-11;1-6-3-4-7(2)5-6;;;/h7-13H,1-6H3;1-6,8-9H;3,5,7H,1-2H3;2*1H;/q-1;;-1;;;+2/p-2. The van der Waals surface area contributed by atoms with Gasteiger partial charge in [-0.25, -0.2) is 11.6 Å². The zero-order valence-electron chi connectivity index (χ0n) is 29.9. The quantitative estimate of drug-likeness (QED) is 0.189. The van der Waals surface area contributed by atoms with Gasteiger partial charge in [0, 0.05) is 10.8 Å². The number of hydrogen-bond acceptors (Lipinski definition) is 0. The zero-order chi connectivity index (χ0) is 34.5. The second-order valence-corrected chi connectivity index (χ2v) is 15.8. The molecule has 8 rings (SSSR count). The van der Waals surface area contributed by atoms with E-state index < -0.39 is 0 Å². The van der Waals surface area contributed by atoms with Gasteiger partial charge in [-0.3, -0.25) is 6.08 Å². The summed E-state index contributed by atoms with van der Waals surface area (Å²) in [5.74, 6) is 0.0163. The molecule has 0 amide bonds. The molecule has 3 aliphatic rings. The molecule has 0 aromatic heterocycles. The van der Waals surface area contributed by atoms with Crippen molar-refractivity contribution in [2.45, 2.75) is 66.2 Å². The zero-order valence-corrected chi connectivity index (χ0v) is 33.9. The first kappa shape index (κ1) is 39.7. The third kappa shape index (κ3) is 8.02. The summed E-state index contributed by atoms with van der Waals surface area (Å²) < 4.78 is 27.0. The number of allylic oxidation sites excluding steroid dienone is 8. The van der Waals surface area contributed by atoms with Crippen LogP contribution < -0.4 is 24.8 Å². The van der Waals surface area contributed by atoms with Gasteiger partial charge in [-0.1, -0.05) is 75.9 Å². The SMILES string of the molecule is CC1=CC(C)(C)c2cc3[cH-]c4cc5c(cc4c3cc21)C(C)=CC5(C)C.CC1=CC(C)[C-]=C1.Fc1cccc([C](=[Zr+2])c2cccc(F)c2)c1.[Cl-].[Cl-]. The van der Waals surface area contributed by atoms with Crippen molar-refractivity contribution in [2.24, 2.45) is 5.92 Å². The van der Waals surface area contributed by atoms with E-state index in [1.807, 2.05) is 18.2 Å². The summed E-state index contributed by atoms with van der Waals surface area (Å²) in [6, 6.07) is 24.8. The molecule has 3 aliphatic carbocycles. The van der Waals surface area contributed by atoms with E-state index in [4.69, 9.17) is 0 Å². The van der Waals surface area contributed by atoms with Crippen LogP contribution in [0.3, 0.4) is 0 Å². The summed E-state index contributed by atoms with van der Waals surface area (Å²) in [6.07, 6.45) is 12.2. The summed E-state index contributed by atoms with van der Waals surface area (Å²) in [7, 11) is 0. The van der Waals surface area contributed by atoms with Crippen molar-refractivity contribution in [3.8, 4) is 0 Å². The Morgan fingerprint density at radius 1 is 0.700 bits per heavy atom. The van der Waals surface area contributed by atoms with E-state index in [2.05, 4.69) is 110 Å². The second kappa shape index (κ2) is 15.3. The Kier molecular flexibility index (Phi) is 12.1. The molecule has 0 saturated carbocycles. The van der Waals surface area contributed by atoms with Crippen LogP contribution in [0.15, 0.2) is 109 Å². The molecule has 0 aliphatic heterocycles. The predicted molar refractivity (Wildman–Crippen MR) is 197 cm³/mol. The van der Waals surface area contributed by atoms with Gasteiger partial charge in [0.1, 0.15) is 0 Å². The molecule has 0 fully saturated rings. The Morgan fingerprint density at radius 3 is 1.48 bits per heavy atom. The van der Waals surface area contributed by atoms with Crippen LogP contribution in [0.1, 0.15) is 88.8 Å². The number of fused-ring (bicyclic) bond motifs is 5. The first-order valence-electron chi connectivity index (χ1n) is 16.6. The van der Waals surface area contributed by atoms with Crippen LogP contribution >= 0.6 is 0 Å². The Labute approximate surface area is 323 Å². The third-order valence-electron chi connectivity index (χ3n) is 9.69. The average Bonchev–Trinajstić information content (AvgIpc) is 3.71. The van der Waals surface area contributed by atoms with E-state index in [1.54, 1.807) is 12.1 Å². The molecular weight excluding hydrogens is 741 g/mol. The average molecular weight is 783 g/mol. The summed E-state index contributed by atoms with van der Waals surface area (Å²) in [6.45, 7) is 18.0. The molecule has 1 unspecified atom stereocenters. The Morgan fingerprint density at radius 2 is 1.14 bits per heavy atom. The van der Waals surface area contributed by atoms with Gasteiger partial charge in [0.15, 0.2) is 0 Å². The van der Waals surface area contributed by atoms with E-state index in [1.165, 1.54) is 84.8 Å². The van der Waals surface area contributed by atoms with E-state index in [0.29, 0.717) is 5.92 Å². The van der Waals surface area contributed by atoms with Gasteiger partial charge in [-0.15, -0.1) is 46.7 Å². The molecule has 1 atom stereocenters. The summed E-state index contributed by atoms with van der Waals surface area (Å²) in [5.41, 5.74) is 11.9. The topological polar surface area (TPSA) is 0 Å². The minimum Gasteiger partial charge on any atom is -1.00 e. The van der Waals surface area contributed by atoms with Crippen molar-refractivity contribution >= 4 is 35.9 Å². The van der Waals surface area contributed by atoms with Crippen LogP contribution in [0.2, 0.25) is 0 Å². The van der Waals surface area contributed by atoms with Crippen molar-refractivity contribution < 1.29 is 57.8 Å². The maximum Gasteiger partial charge on any atom is -1.00 e. The minimum atomic E-state index is -0.270. The number of hydrogen-bond donors (Lipinski definition) is 0. The molecule has 0 spiro atoms. The van der Waals surface area contributed by atoms with Crippen LogP contribution in [0.4, 0.5) is 8.78 Å². The first-order valence-corrected chi connectivity index (χ1v) is 17.9. The van der Waals surface area contributed by atoms with Crippen molar-refractivity contribution in [1.82, 2.24) is 0 Å². The molecule has 0 N–H and O–H groups in total. The first-order chi connectivity index (χ1) is 22.6. The fourth-order valence-corrected chi connectivity index (χ4v) is 8.19. The second-order valence-electron chi connectivity index (χ2n) is 14.6. The van der Waals surface area contributed by atoms with Gasteiger partial charge in [-0.2, -0.15) is 6.08 Å². The number of halogens is 4.